The second kappa shape index (κ2) is 7.43. The van der Waals surface area contributed by atoms with Gasteiger partial charge < -0.3 is 23.5 Å². The molecular formula is C20H26N4O4. The largest absolute Gasteiger partial charge is 0.469 e. The summed E-state index contributed by atoms with van der Waals surface area (Å²) in [5, 5.41) is 0. The van der Waals surface area contributed by atoms with E-state index in [9.17, 15) is 9.59 Å². The molecule has 2 amide bonds. The topological polar surface area (TPSA) is 80.8 Å². The molecule has 2 fully saturated rings. The highest BCUT2D eigenvalue weighted by Gasteiger charge is 2.58. The molecule has 1 spiro atoms. The van der Waals surface area contributed by atoms with Crippen molar-refractivity contribution in [2.75, 3.05) is 39.9 Å². The van der Waals surface area contributed by atoms with Gasteiger partial charge in [-0.05, 0) is 18.6 Å². The molecule has 2 aromatic rings. The van der Waals surface area contributed by atoms with E-state index in [0.29, 0.717) is 38.5 Å². The lowest BCUT2D eigenvalue weighted by Crippen LogP contribution is -2.41. The Balaban J connectivity index is 1.59. The van der Waals surface area contributed by atoms with Gasteiger partial charge in [0.15, 0.2) is 0 Å². The highest BCUT2D eigenvalue weighted by molar-refractivity contribution is 5.88. The van der Waals surface area contributed by atoms with Gasteiger partial charge in [0.05, 0.1) is 36.7 Å². The van der Waals surface area contributed by atoms with Crippen LogP contribution >= 0.6 is 0 Å². The quantitative estimate of drug-likeness (QED) is 0.741. The first-order valence-electron chi connectivity index (χ1n) is 9.60. The molecule has 8 nitrogen and oxygen atoms in total. The Bertz CT molecular complexity index is 846. The third kappa shape index (κ3) is 3.22. The summed E-state index contributed by atoms with van der Waals surface area (Å²) in [5.41, 5.74) is 0.263. The molecule has 2 saturated heterocycles. The maximum absolute atomic E-state index is 13.4. The lowest BCUT2D eigenvalue weighted by Gasteiger charge is -2.27. The number of amides is 2. The zero-order valence-electron chi connectivity index (χ0n) is 16.3. The van der Waals surface area contributed by atoms with Crippen LogP contribution in [-0.4, -0.2) is 71.1 Å². The number of carbonyl (C=O) groups excluding carboxylic acids is 2. The van der Waals surface area contributed by atoms with Crippen LogP contribution in [0.15, 0.2) is 35.3 Å². The SMILES string of the molecule is COCCN1CCC2(CN(C(=O)Cc3ccco3)CC2c2cn(C)cn2)C1=O. The molecule has 0 N–H and O–H groups in total. The van der Waals surface area contributed by atoms with Crippen LogP contribution in [-0.2, 0) is 27.8 Å². The summed E-state index contributed by atoms with van der Waals surface area (Å²) in [4.78, 5) is 34.5. The number of aryl methyl sites for hydroxylation is 1. The average Bonchev–Trinajstić information content (AvgIpc) is 3.45. The molecule has 4 heterocycles. The van der Waals surface area contributed by atoms with Crippen molar-refractivity contribution in [1.82, 2.24) is 19.4 Å². The summed E-state index contributed by atoms with van der Waals surface area (Å²) in [6, 6.07) is 3.58. The smallest absolute Gasteiger partial charge is 0.231 e. The van der Waals surface area contributed by atoms with Crippen molar-refractivity contribution in [2.45, 2.75) is 18.8 Å². The van der Waals surface area contributed by atoms with Crippen molar-refractivity contribution in [3.8, 4) is 0 Å². The van der Waals surface area contributed by atoms with Gasteiger partial charge in [0.1, 0.15) is 5.76 Å². The summed E-state index contributed by atoms with van der Waals surface area (Å²) in [7, 11) is 3.55. The highest BCUT2D eigenvalue weighted by Crippen LogP contribution is 2.49. The first-order chi connectivity index (χ1) is 13.5. The van der Waals surface area contributed by atoms with Gasteiger partial charge in [-0.25, -0.2) is 4.98 Å². The fourth-order valence-electron chi connectivity index (χ4n) is 4.51. The fraction of sp³-hybridized carbons (Fsp3) is 0.550. The van der Waals surface area contributed by atoms with E-state index in [1.807, 2.05) is 22.7 Å². The number of carbonyl (C=O) groups is 2. The normalized spacial score (nSPS) is 24.6. The number of ether oxygens (including phenoxy) is 1. The van der Waals surface area contributed by atoms with Crippen LogP contribution in [0, 0.1) is 5.41 Å². The number of nitrogens with zero attached hydrogens (tertiary/aromatic N) is 4. The highest BCUT2D eigenvalue weighted by atomic mass is 16.5. The van der Waals surface area contributed by atoms with E-state index in [2.05, 4.69) is 4.98 Å². The van der Waals surface area contributed by atoms with Gasteiger partial charge in [-0.3, -0.25) is 9.59 Å². The molecule has 0 bridgehead atoms. The molecule has 150 valence electrons. The Morgan fingerprint density at radius 1 is 1.46 bits per heavy atom. The summed E-state index contributed by atoms with van der Waals surface area (Å²) >= 11 is 0. The molecular weight excluding hydrogens is 360 g/mol. The standard InChI is InChI=1S/C20H26N4O4/c1-22-12-17(21-14-22)16-11-24(18(25)10-15-4-3-8-28-15)13-20(16)5-6-23(19(20)26)7-9-27-2/h3-4,8,12,14,16H,5-7,9-11,13H2,1-2H3. The van der Waals surface area contributed by atoms with Gasteiger partial charge in [0.25, 0.3) is 0 Å². The van der Waals surface area contributed by atoms with Gasteiger partial charge in [0.2, 0.25) is 11.8 Å². The van der Waals surface area contributed by atoms with Crippen molar-refractivity contribution >= 4 is 11.8 Å². The lowest BCUT2D eigenvalue weighted by atomic mass is 9.75. The first kappa shape index (κ1) is 18.7. The summed E-state index contributed by atoms with van der Waals surface area (Å²) in [5.74, 6) is 0.624. The predicted octanol–water partition coefficient (Wildman–Crippen LogP) is 1.05. The Hall–Kier alpha value is -2.61. The zero-order chi connectivity index (χ0) is 19.7. The minimum Gasteiger partial charge on any atom is -0.469 e. The summed E-state index contributed by atoms with van der Waals surface area (Å²) in [6.07, 6.45) is 6.20. The van der Waals surface area contributed by atoms with Crippen molar-refractivity contribution in [3.63, 3.8) is 0 Å². The van der Waals surface area contributed by atoms with Gasteiger partial charge in [-0.1, -0.05) is 0 Å². The van der Waals surface area contributed by atoms with E-state index in [4.69, 9.17) is 9.15 Å². The van der Waals surface area contributed by atoms with Crippen LogP contribution in [0.4, 0.5) is 0 Å². The molecule has 2 aromatic heterocycles. The monoisotopic (exact) mass is 386 g/mol. The lowest BCUT2D eigenvalue weighted by molar-refractivity contribution is -0.137. The third-order valence-electron chi connectivity index (χ3n) is 5.99. The number of rotatable bonds is 6. The fourth-order valence-corrected chi connectivity index (χ4v) is 4.51. The molecule has 0 aliphatic carbocycles. The van der Waals surface area contributed by atoms with E-state index in [1.54, 1.807) is 36.7 Å². The second-order valence-corrected chi connectivity index (χ2v) is 7.74. The Morgan fingerprint density at radius 2 is 2.32 bits per heavy atom. The number of likely N-dealkylation sites (tertiary alicyclic amines) is 2. The third-order valence-corrected chi connectivity index (χ3v) is 5.99. The number of methoxy groups -OCH3 is 1. The number of aromatic nitrogens is 2. The molecule has 4 rings (SSSR count). The van der Waals surface area contributed by atoms with Gasteiger partial charge in [0, 0.05) is 52.5 Å². The molecule has 8 heteroatoms. The van der Waals surface area contributed by atoms with Crippen molar-refractivity contribution in [2.24, 2.45) is 12.5 Å². The molecule has 2 atom stereocenters. The maximum Gasteiger partial charge on any atom is 0.231 e. The molecule has 2 aliphatic rings. The number of furan rings is 1. The predicted molar refractivity (Wildman–Crippen MR) is 100 cm³/mol. The number of hydrogen-bond acceptors (Lipinski definition) is 5. The Labute approximate surface area is 164 Å². The van der Waals surface area contributed by atoms with Crippen molar-refractivity contribution < 1.29 is 18.7 Å². The molecule has 0 saturated carbocycles. The Morgan fingerprint density at radius 3 is 3.00 bits per heavy atom. The van der Waals surface area contributed by atoms with Crippen LogP contribution in [0.2, 0.25) is 0 Å². The van der Waals surface area contributed by atoms with E-state index in [0.717, 1.165) is 12.1 Å². The van der Waals surface area contributed by atoms with Crippen LogP contribution < -0.4 is 0 Å². The summed E-state index contributed by atoms with van der Waals surface area (Å²) in [6.45, 7) is 2.70. The zero-order valence-corrected chi connectivity index (χ0v) is 16.3. The van der Waals surface area contributed by atoms with E-state index in [-0.39, 0.29) is 24.2 Å². The van der Waals surface area contributed by atoms with Gasteiger partial charge in [-0.15, -0.1) is 0 Å². The molecule has 2 unspecified atom stereocenters. The maximum atomic E-state index is 13.4. The van der Waals surface area contributed by atoms with Crippen molar-refractivity contribution in [1.29, 1.82) is 0 Å². The van der Waals surface area contributed by atoms with Crippen LogP contribution in [0.5, 0.6) is 0 Å². The van der Waals surface area contributed by atoms with E-state index in [1.165, 1.54) is 0 Å². The number of hydrogen-bond donors (Lipinski definition) is 0. The molecule has 0 radical (unpaired) electrons. The van der Waals surface area contributed by atoms with Crippen LogP contribution in [0.1, 0.15) is 23.8 Å². The van der Waals surface area contributed by atoms with E-state index < -0.39 is 5.41 Å². The molecule has 28 heavy (non-hydrogen) atoms. The van der Waals surface area contributed by atoms with E-state index >= 15 is 0 Å². The van der Waals surface area contributed by atoms with Crippen molar-refractivity contribution in [3.05, 3.63) is 42.4 Å². The van der Waals surface area contributed by atoms with Gasteiger partial charge in [-0.2, -0.15) is 0 Å². The minimum atomic E-state index is -0.610. The van der Waals surface area contributed by atoms with Crippen LogP contribution in [0.25, 0.3) is 0 Å². The first-order valence-corrected chi connectivity index (χ1v) is 9.60. The number of imidazole rings is 1. The molecule has 0 aromatic carbocycles. The Kier molecular flexibility index (Phi) is 4.97. The van der Waals surface area contributed by atoms with Crippen LogP contribution in [0.3, 0.4) is 0 Å². The minimum absolute atomic E-state index is 0.0177. The second-order valence-electron chi connectivity index (χ2n) is 7.74. The summed E-state index contributed by atoms with van der Waals surface area (Å²) < 4.78 is 12.4. The molecule has 2 aliphatic heterocycles. The van der Waals surface area contributed by atoms with Gasteiger partial charge >= 0.3 is 0 Å². The average molecular weight is 386 g/mol.